The molecule has 1 spiro atoms. The third-order valence-electron chi connectivity index (χ3n) is 10.5. The molecule has 2 heterocycles. The standard InChI is InChI=1S/C40H26ClN/c1-39(2)26-15-5-7-17-28(26)40(29-18-8-6-16-27(29)39)30-19-11-14-24-23-12-3-9-20-33(23)42-34-21-10-4-13-25(34)36-32(41)22-31(40)37(35(24)30)38(36)42/h3-22H,1-2H3. The van der Waals surface area contributed by atoms with Gasteiger partial charge in [-0.2, -0.15) is 0 Å². The SMILES string of the molecule is CC1(C)c2ccccc2C2(c3ccccc31)c1cccc3c1-c1c2cc(Cl)c2c4ccccc4n(c12)-c1ccccc1-3. The number of benzene rings is 6. The fourth-order valence-corrected chi connectivity index (χ4v) is 9.20. The Labute approximate surface area is 249 Å². The summed E-state index contributed by atoms with van der Waals surface area (Å²) in [7, 11) is 0. The Bertz CT molecular complexity index is 2300. The van der Waals surface area contributed by atoms with E-state index in [0.29, 0.717) is 0 Å². The summed E-state index contributed by atoms with van der Waals surface area (Å²) in [5.41, 5.74) is 16.3. The topological polar surface area (TPSA) is 4.93 Å². The van der Waals surface area contributed by atoms with Crippen molar-refractivity contribution in [1.82, 2.24) is 4.57 Å². The minimum absolute atomic E-state index is 0.134. The molecule has 2 aliphatic carbocycles. The third-order valence-corrected chi connectivity index (χ3v) is 10.8. The van der Waals surface area contributed by atoms with Crippen LogP contribution in [0.5, 0.6) is 0 Å². The van der Waals surface area contributed by atoms with E-state index in [9.17, 15) is 0 Å². The Balaban J connectivity index is 1.54. The molecule has 6 aromatic carbocycles. The van der Waals surface area contributed by atoms with E-state index in [1.807, 2.05) is 0 Å². The van der Waals surface area contributed by atoms with Gasteiger partial charge in [-0.3, -0.25) is 0 Å². The zero-order valence-electron chi connectivity index (χ0n) is 23.4. The highest BCUT2D eigenvalue weighted by atomic mass is 35.5. The van der Waals surface area contributed by atoms with Gasteiger partial charge < -0.3 is 4.57 Å². The van der Waals surface area contributed by atoms with Crippen molar-refractivity contribution in [3.05, 3.63) is 160 Å². The Hall–Kier alpha value is -4.59. The molecule has 42 heavy (non-hydrogen) atoms. The molecule has 0 bridgehead atoms. The number of para-hydroxylation sites is 2. The normalized spacial score (nSPS) is 15.9. The summed E-state index contributed by atoms with van der Waals surface area (Å²) in [6.07, 6.45) is 0. The molecule has 10 rings (SSSR count). The molecule has 1 nitrogen and oxygen atoms in total. The van der Waals surface area contributed by atoms with Crippen LogP contribution in [0.25, 0.3) is 49.7 Å². The molecule has 0 N–H and O–H groups in total. The lowest BCUT2D eigenvalue weighted by atomic mass is 9.55. The molecule has 0 atom stereocenters. The fraction of sp³-hybridized carbons (Fsp3) is 0.100. The molecule has 0 amide bonds. The van der Waals surface area contributed by atoms with Crippen molar-refractivity contribution in [1.29, 1.82) is 0 Å². The molecule has 0 fully saturated rings. The third kappa shape index (κ3) is 2.36. The van der Waals surface area contributed by atoms with Crippen molar-refractivity contribution >= 4 is 33.4 Å². The predicted octanol–water partition coefficient (Wildman–Crippen LogP) is 10.4. The first kappa shape index (κ1) is 23.0. The van der Waals surface area contributed by atoms with Gasteiger partial charge in [0.2, 0.25) is 0 Å². The predicted molar refractivity (Wildman–Crippen MR) is 174 cm³/mol. The van der Waals surface area contributed by atoms with Crippen molar-refractivity contribution in [2.45, 2.75) is 24.7 Å². The minimum Gasteiger partial charge on any atom is -0.308 e. The van der Waals surface area contributed by atoms with E-state index in [-0.39, 0.29) is 5.41 Å². The molecule has 0 unspecified atom stereocenters. The van der Waals surface area contributed by atoms with E-state index in [1.54, 1.807) is 0 Å². The highest BCUT2D eigenvalue weighted by molar-refractivity contribution is 6.39. The zero-order chi connectivity index (χ0) is 28.0. The smallest absolute Gasteiger partial charge is 0.0721 e. The number of nitrogens with zero attached hydrogens (tertiary/aromatic N) is 1. The number of rotatable bonds is 0. The second kappa shape index (κ2) is 7.43. The van der Waals surface area contributed by atoms with Gasteiger partial charge >= 0.3 is 0 Å². The highest BCUT2D eigenvalue weighted by Crippen LogP contribution is 2.66. The van der Waals surface area contributed by atoms with Crippen LogP contribution in [0.1, 0.15) is 47.2 Å². The van der Waals surface area contributed by atoms with Gasteiger partial charge in [-0.15, -0.1) is 0 Å². The van der Waals surface area contributed by atoms with E-state index in [2.05, 4.69) is 140 Å². The number of fused-ring (bicyclic) bond motifs is 12. The average molecular weight is 556 g/mol. The second-order valence-corrected chi connectivity index (χ2v) is 13.0. The van der Waals surface area contributed by atoms with Gasteiger partial charge in [-0.05, 0) is 62.7 Å². The summed E-state index contributed by atoms with van der Waals surface area (Å²) in [5, 5.41) is 3.15. The van der Waals surface area contributed by atoms with Gasteiger partial charge in [0.1, 0.15) is 0 Å². The number of aromatic nitrogens is 1. The van der Waals surface area contributed by atoms with Crippen LogP contribution in [0.15, 0.2) is 121 Å². The Kier molecular flexibility index (Phi) is 4.07. The fourth-order valence-electron chi connectivity index (χ4n) is 8.90. The van der Waals surface area contributed by atoms with Crippen molar-refractivity contribution in [2.24, 2.45) is 0 Å². The van der Waals surface area contributed by atoms with Gasteiger partial charge in [0.25, 0.3) is 0 Å². The summed E-state index contributed by atoms with van der Waals surface area (Å²) in [6.45, 7) is 4.75. The summed E-state index contributed by atoms with van der Waals surface area (Å²) in [6, 6.07) is 45.1. The van der Waals surface area contributed by atoms with Gasteiger partial charge in [0.05, 0.1) is 27.2 Å². The van der Waals surface area contributed by atoms with E-state index in [0.717, 1.165) is 10.4 Å². The summed E-state index contributed by atoms with van der Waals surface area (Å²) in [4.78, 5) is 0. The number of hydrogen-bond donors (Lipinski definition) is 0. The highest BCUT2D eigenvalue weighted by Gasteiger charge is 2.55. The van der Waals surface area contributed by atoms with Crippen molar-refractivity contribution in [2.75, 3.05) is 0 Å². The van der Waals surface area contributed by atoms with E-state index in [1.165, 1.54) is 77.7 Å². The molecule has 198 valence electrons. The molecule has 7 aromatic rings. The second-order valence-electron chi connectivity index (χ2n) is 12.6. The van der Waals surface area contributed by atoms with Crippen LogP contribution in [0.2, 0.25) is 5.02 Å². The average Bonchev–Trinajstić information content (AvgIpc) is 3.47. The molecule has 1 aliphatic heterocycles. The van der Waals surface area contributed by atoms with Crippen LogP contribution < -0.4 is 0 Å². The largest absolute Gasteiger partial charge is 0.308 e. The maximum atomic E-state index is 7.48. The maximum Gasteiger partial charge on any atom is 0.0721 e. The first-order valence-electron chi connectivity index (χ1n) is 14.7. The van der Waals surface area contributed by atoms with Crippen LogP contribution in [0, 0.1) is 0 Å². The molecular weight excluding hydrogens is 530 g/mol. The van der Waals surface area contributed by atoms with Gasteiger partial charge in [-0.25, -0.2) is 0 Å². The van der Waals surface area contributed by atoms with Crippen LogP contribution in [0.4, 0.5) is 0 Å². The summed E-state index contributed by atoms with van der Waals surface area (Å²) < 4.78 is 2.48. The first-order chi connectivity index (χ1) is 20.5. The van der Waals surface area contributed by atoms with Crippen molar-refractivity contribution in [3.63, 3.8) is 0 Å². The number of halogens is 1. The summed E-state index contributed by atoms with van der Waals surface area (Å²) >= 11 is 7.48. The Morgan fingerprint density at radius 3 is 1.90 bits per heavy atom. The quantitative estimate of drug-likeness (QED) is 0.175. The van der Waals surface area contributed by atoms with E-state index < -0.39 is 5.41 Å². The lowest BCUT2D eigenvalue weighted by Crippen LogP contribution is -2.40. The Morgan fingerprint density at radius 2 is 1.14 bits per heavy atom. The number of hydrogen-bond acceptors (Lipinski definition) is 0. The van der Waals surface area contributed by atoms with Crippen molar-refractivity contribution < 1.29 is 0 Å². The molecular formula is C40H26ClN. The summed E-state index contributed by atoms with van der Waals surface area (Å²) in [5.74, 6) is 0. The first-order valence-corrected chi connectivity index (χ1v) is 15.1. The molecule has 0 saturated heterocycles. The van der Waals surface area contributed by atoms with E-state index >= 15 is 0 Å². The molecule has 3 aliphatic rings. The van der Waals surface area contributed by atoms with Crippen LogP contribution in [-0.2, 0) is 10.8 Å². The monoisotopic (exact) mass is 555 g/mol. The molecule has 0 radical (unpaired) electrons. The van der Waals surface area contributed by atoms with Gasteiger partial charge in [-0.1, -0.05) is 129 Å². The maximum absolute atomic E-state index is 7.48. The zero-order valence-corrected chi connectivity index (χ0v) is 24.1. The Morgan fingerprint density at radius 1 is 0.548 bits per heavy atom. The van der Waals surface area contributed by atoms with Crippen LogP contribution in [0.3, 0.4) is 0 Å². The van der Waals surface area contributed by atoms with Gasteiger partial charge in [0, 0.05) is 27.3 Å². The lowest BCUT2D eigenvalue weighted by Gasteiger charge is -2.46. The molecule has 2 heteroatoms. The molecule has 1 aromatic heterocycles. The minimum atomic E-state index is -0.477. The van der Waals surface area contributed by atoms with E-state index in [4.69, 9.17) is 11.6 Å². The molecule has 0 saturated carbocycles. The van der Waals surface area contributed by atoms with Crippen LogP contribution >= 0.6 is 11.6 Å². The lowest BCUT2D eigenvalue weighted by molar-refractivity contribution is 0.563. The van der Waals surface area contributed by atoms with Gasteiger partial charge in [0.15, 0.2) is 0 Å². The van der Waals surface area contributed by atoms with Crippen LogP contribution in [-0.4, -0.2) is 4.57 Å². The van der Waals surface area contributed by atoms with Crippen molar-refractivity contribution in [3.8, 4) is 27.9 Å².